The van der Waals surface area contributed by atoms with Crippen LogP contribution < -0.4 is 0 Å². The van der Waals surface area contributed by atoms with Gasteiger partial charge in [-0.05, 0) is 30.2 Å². The molecule has 2 nitrogen and oxygen atoms in total. The molecule has 0 aliphatic rings. The molecule has 0 radical (unpaired) electrons. The summed E-state index contributed by atoms with van der Waals surface area (Å²) in [5, 5.41) is 5.20. The third-order valence-electron chi connectivity index (χ3n) is 2.53. The first-order valence-electron chi connectivity index (χ1n) is 5.65. The zero-order valence-electron chi connectivity index (χ0n) is 9.66. The van der Waals surface area contributed by atoms with Gasteiger partial charge < -0.3 is 0 Å². The fraction of sp³-hybridized carbons (Fsp3) is 0.308. The fourth-order valence-electron chi connectivity index (χ4n) is 1.70. The molecule has 0 bridgehead atoms. The van der Waals surface area contributed by atoms with Crippen molar-refractivity contribution in [3.05, 3.63) is 51.2 Å². The van der Waals surface area contributed by atoms with Gasteiger partial charge in [0.2, 0.25) is 0 Å². The normalized spacial score (nSPS) is 10.8. The van der Waals surface area contributed by atoms with E-state index in [4.69, 9.17) is 11.6 Å². The summed E-state index contributed by atoms with van der Waals surface area (Å²) >= 11 is 9.57. The lowest BCUT2D eigenvalue weighted by Gasteiger charge is -2.03. The van der Waals surface area contributed by atoms with Gasteiger partial charge in [0, 0.05) is 4.47 Å². The van der Waals surface area contributed by atoms with Crippen molar-refractivity contribution in [3.8, 4) is 0 Å². The molecular weight excluding hydrogens is 300 g/mol. The monoisotopic (exact) mass is 312 g/mol. The van der Waals surface area contributed by atoms with E-state index in [1.165, 1.54) is 5.56 Å². The average molecular weight is 314 g/mol. The van der Waals surface area contributed by atoms with Crippen LogP contribution in [0, 0.1) is 0 Å². The Bertz CT molecular complexity index is 491. The first-order chi connectivity index (χ1) is 8.19. The van der Waals surface area contributed by atoms with Crippen LogP contribution in [0.25, 0.3) is 0 Å². The Balaban J connectivity index is 2.15. The molecule has 2 rings (SSSR count). The largest absolute Gasteiger partial charge is 0.249 e. The van der Waals surface area contributed by atoms with Gasteiger partial charge in [-0.1, -0.05) is 53.0 Å². The van der Waals surface area contributed by atoms with Gasteiger partial charge in [0.1, 0.15) is 5.15 Å². The molecule has 0 fully saturated rings. The zero-order chi connectivity index (χ0) is 12.3. The third-order valence-corrected chi connectivity index (χ3v) is 3.37. The van der Waals surface area contributed by atoms with Gasteiger partial charge in [-0.25, -0.2) is 4.68 Å². The molecule has 90 valence electrons. The van der Waals surface area contributed by atoms with Crippen molar-refractivity contribution in [1.29, 1.82) is 0 Å². The van der Waals surface area contributed by atoms with Gasteiger partial charge in [-0.15, -0.1) is 0 Å². The minimum Gasteiger partial charge on any atom is -0.249 e. The standard InChI is InChI=1S/C13H14BrClN2/c1-2-3-12-8-13(15)17(16-12)9-10-4-6-11(14)7-5-10/h4-8H,2-3,9H2,1H3. The van der Waals surface area contributed by atoms with Crippen molar-refractivity contribution in [2.24, 2.45) is 0 Å². The molecule has 0 aliphatic heterocycles. The molecule has 0 atom stereocenters. The number of hydrogen-bond donors (Lipinski definition) is 0. The number of halogens is 2. The van der Waals surface area contributed by atoms with Gasteiger partial charge >= 0.3 is 0 Å². The molecule has 0 N–H and O–H groups in total. The molecule has 0 unspecified atom stereocenters. The highest BCUT2D eigenvalue weighted by atomic mass is 79.9. The summed E-state index contributed by atoms with van der Waals surface area (Å²) in [6.07, 6.45) is 2.07. The number of benzene rings is 1. The van der Waals surface area contributed by atoms with Gasteiger partial charge in [-0.3, -0.25) is 0 Å². The SMILES string of the molecule is CCCc1cc(Cl)n(Cc2ccc(Br)cc2)n1. The van der Waals surface area contributed by atoms with Crippen molar-refractivity contribution in [2.75, 3.05) is 0 Å². The van der Waals surface area contributed by atoms with Crippen LogP contribution in [0.2, 0.25) is 5.15 Å². The van der Waals surface area contributed by atoms with E-state index in [0.29, 0.717) is 5.15 Å². The Morgan fingerprint density at radius 1 is 1.29 bits per heavy atom. The van der Waals surface area contributed by atoms with Crippen molar-refractivity contribution in [1.82, 2.24) is 9.78 Å². The summed E-state index contributed by atoms with van der Waals surface area (Å²) in [5.41, 5.74) is 2.26. The highest BCUT2D eigenvalue weighted by Gasteiger charge is 2.05. The molecule has 1 heterocycles. The summed E-state index contributed by atoms with van der Waals surface area (Å²) in [7, 11) is 0. The van der Waals surface area contributed by atoms with E-state index >= 15 is 0 Å². The predicted octanol–water partition coefficient (Wildman–Crippen LogP) is 4.30. The van der Waals surface area contributed by atoms with E-state index in [1.54, 1.807) is 0 Å². The molecule has 1 aromatic heterocycles. The lowest BCUT2D eigenvalue weighted by molar-refractivity contribution is 0.668. The Morgan fingerprint density at radius 3 is 2.65 bits per heavy atom. The molecular formula is C13H14BrClN2. The van der Waals surface area contributed by atoms with E-state index in [-0.39, 0.29) is 0 Å². The topological polar surface area (TPSA) is 17.8 Å². The maximum atomic E-state index is 6.15. The summed E-state index contributed by atoms with van der Waals surface area (Å²) in [5.74, 6) is 0. The lowest BCUT2D eigenvalue weighted by atomic mass is 10.2. The van der Waals surface area contributed by atoms with Gasteiger partial charge in [-0.2, -0.15) is 5.10 Å². The van der Waals surface area contributed by atoms with Crippen molar-refractivity contribution in [2.45, 2.75) is 26.3 Å². The highest BCUT2D eigenvalue weighted by molar-refractivity contribution is 9.10. The van der Waals surface area contributed by atoms with E-state index in [2.05, 4.69) is 40.1 Å². The minimum absolute atomic E-state index is 0.705. The van der Waals surface area contributed by atoms with Gasteiger partial charge in [0.15, 0.2) is 0 Å². The molecule has 1 aromatic carbocycles. The summed E-state index contributed by atoms with van der Waals surface area (Å²) < 4.78 is 2.93. The number of nitrogens with zero attached hydrogens (tertiary/aromatic N) is 2. The third kappa shape index (κ3) is 3.33. The Kier molecular flexibility index (Phi) is 4.24. The van der Waals surface area contributed by atoms with Crippen LogP contribution in [0.15, 0.2) is 34.8 Å². The first kappa shape index (κ1) is 12.7. The molecule has 4 heteroatoms. The molecule has 0 saturated heterocycles. The second-order valence-corrected chi connectivity index (χ2v) is 5.30. The maximum Gasteiger partial charge on any atom is 0.127 e. The number of aromatic nitrogens is 2. The highest BCUT2D eigenvalue weighted by Crippen LogP contribution is 2.16. The number of aryl methyl sites for hydroxylation is 1. The van der Waals surface area contributed by atoms with Crippen molar-refractivity contribution in [3.63, 3.8) is 0 Å². The summed E-state index contributed by atoms with van der Waals surface area (Å²) in [6, 6.07) is 10.1. The van der Waals surface area contributed by atoms with Crippen LogP contribution in [0.5, 0.6) is 0 Å². The quantitative estimate of drug-likeness (QED) is 0.823. The van der Waals surface area contributed by atoms with Crippen LogP contribution in [0.4, 0.5) is 0 Å². The summed E-state index contributed by atoms with van der Waals surface area (Å²) in [4.78, 5) is 0. The first-order valence-corrected chi connectivity index (χ1v) is 6.83. The van der Waals surface area contributed by atoms with E-state index in [9.17, 15) is 0 Å². The van der Waals surface area contributed by atoms with E-state index < -0.39 is 0 Å². The number of hydrogen-bond acceptors (Lipinski definition) is 1. The van der Waals surface area contributed by atoms with Crippen LogP contribution in [0.1, 0.15) is 24.6 Å². The van der Waals surface area contributed by atoms with Crippen LogP contribution in [-0.2, 0) is 13.0 Å². The van der Waals surface area contributed by atoms with Crippen molar-refractivity contribution < 1.29 is 0 Å². The van der Waals surface area contributed by atoms with Gasteiger partial charge in [0.05, 0.1) is 12.2 Å². The average Bonchev–Trinajstić information content (AvgIpc) is 2.63. The lowest BCUT2D eigenvalue weighted by Crippen LogP contribution is -2.02. The molecule has 0 spiro atoms. The van der Waals surface area contributed by atoms with Crippen LogP contribution >= 0.6 is 27.5 Å². The molecule has 0 aliphatic carbocycles. The van der Waals surface area contributed by atoms with E-state index in [0.717, 1.165) is 29.6 Å². The Labute approximate surface area is 115 Å². The van der Waals surface area contributed by atoms with Crippen molar-refractivity contribution >= 4 is 27.5 Å². The Hall–Kier alpha value is -0.800. The molecule has 0 amide bonds. The van der Waals surface area contributed by atoms with Gasteiger partial charge in [0.25, 0.3) is 0 Å². The molecule has 0 saturated carbocycles. The Morgan fingerprint density at radius 2 is 2.00 bits per heavy atom. The zero-order valence-corrected chi connectivity index (χ0v) is 12.0. The van der Waals surface area contributed by atoms with Crippen LogP contribution in [0.3, 0.4) is 0 Å². The molecule has 17 heavy (non-hydrogen) atoms. The van der Waals surface area contributed by atoms with E-state index in [1.807, 2.05) is 22.9 Å². The second-order valence-electron chi connectivity index (χ2n) is 3.99. The second kappa shape index (κ2) is 5.69. The number of rotatable bonds is 4. The smallest absolute Gasteiger partial charge is 0.127 e. The summed E-state index contributed by atoms with van der Waals surface area (Å²) in [6.45, 7) is 2.86. The maximum absolute atomic E-state index is 6.15. The minimum atomic E-state index is 0.705. The predicted molar refractivity (Wildman–Crippen MR) is 74.5 cm³/mol. The van der Waals surface area contributed by atoms with Crippen LogP contribution in [-0.4, -0.2) is 9.78 Å². The molecule has 2 aromatic rings. The fourth-order valence-corrected chi connectivity index (χ4v) is 2.18.